The molecule has 5 heteroatoms. The van der Waals surface area contributed by atoms with E-state index in [9.17, 15) is 5.11 Å². The second-order valence-electron chi connectivity index (χ2n) is 5.81. The second kappa shape index (κ2) is 7.60. The van der Waals surface area contributed by atoms with Crippen LogP contribution < -0.4 is 4.74 Å². The fourth-order valence-corrected chi connectivity index (χ4v) is 3.74. The second-order valence-corrected chi connectivity index (χ2v) is 6.59. The van der Waals surface area contributed by atoms with Crippen molar-refractivity contribution in [1.29, 1.82) is 5.26 Å². The first-order chi connectivity index (χ1) is 11.3. The van der Waals surface area contributed by atoms with Crippen LogP contribution in [0, 0.1) is 11.3 Å². The molecule has 4 nitrogen and oxygen atoms in total. The lowest BCUT2D eigenvalue weighted by atomic mass is 10.1. The van der Waals surface area contributed by atoms with Gasteiger partial charge in [0.1, 0.15) is 18.5 Å². The maximum absolute atomic E-state index is 10.3. The third-order valence-electron chi connectivity index (χ3n) is 4.16. The van der Waals surface area contributed by atoms with Gasteiger partial charge in [0.15, 0.2) is 0 Å². The Hall–Kier alpha value is -1.87. The van der Waals surface area contributed by atoms with Gasteiger partial charge in [0.2, 0.25) is 0 Å². The van der Waals surface area contributed by atoms with Gasteiger partial charge in [0, 0.05) is 12.6 Å². The highest BCUT2D eigenvalue weighted by atomic mass is 32.1. The van der Waals surface area contributed by atoms with Crippen molar-refractivity contribution in [2.75, 3.05) is 19.7 Å². The van der Waals surface area contributed by atoms with Gasteiger partial charge in [-0.3, -0.25) is 4.90 Å². The van der Waals surface area contributed by atoms with E-state index in [2.05, 4.69) is 27.8 Å². The molecule has 0 aliphatic carbocycles. The Labute approximate surface area is 140 Å². The van der Waals surface area contributed by atoms with Crippen molar-refractivity contribution in [1.82, 2.24) is 4.90 Å². The minimum absolute atomic E-state index is 0.263. The molecule has 1 N–H and O–H groups in total. The van der Waals surface area contributed by atoms with Gasteiger partial charge in [0.25, 0.3) is 0 Å². The molecule has 0 saturated carbocycles. The molecule has 0 bridgehead atoms. The normalized spacial score (nSPS) is 19.4. The summed E-state index contributed by atoms with van der Waals surface area (Å²) in [5.41, 5.74) is 1.96. The predicted molar refractivity (Wildman–Crippen MR) is 90.5 cm³/mol. The first-order valence-electron chi connectivity index (χ1n) is 7.83. The highest BCUT2D eigenvalue weighted by Gasteiger charge is 2.27. The third-order valence-corrected chi connectivity index (χ3v) is 4.86. The number of nitriles is 1. The standard InChI is InChI=1S/C18H20N2O2S/c19-10-14-3-5-17(6-4-14)22-12-16(21)11-20-8-1-2-18(20)15-7-9-23-13-15/h3-7,9,13,16,18,21H,1-2,8,11-12H2/t16-,18-/m0/s1. The number of aliphatic hydroxyl groups excluding tert-OH is 1. The number of nitrogens with zero attached hydrogens (tertiary/aromatic N) is 2. The Bertz CT molecular complexity index is 649. The number of aliphatic hydroxyl groups is 1. The Balaban J connectivity index is 1.50. The SMILES string of the molecule is N#Cc1ccc(OC[C@@H](O)CN2CCC[C@H]2c2ccsc2)cc1. The maximum atomic E-state index is 10.3. The number of β-amino-alcohol motifs (C(OH)–C–C–N with tert-alkyl or cyclic N) is 1. The van der Waals surface area contributed by atoms with Crippen LogP contribution in [0.3, 0.4) is 0 Å². The van der Waals surface area contributed by atoms with Gasteiger partial charge in [-0.25, -0.2) is 0 Å². The number of thiophene rings is 1. The van der Waals surface area contributed by atoms with Crippen molar-refractivity contribution in [2.45, 2.75) is 25.0 Å². The van der Waals surface area contributed by atoms with E-state index in [4.69, 9.17) is 10.00 Å². The molecule has 1 aliphatic heterocycles. The molecule has 2 heterocycles. The Kier molecular flexibility index (Phi) is 5.29. The first kappa shape index (κ1) is 16.0. The van der Waals surface area contributed by atoms with Crippen molar-refractivity contribution in [3.63, 3.8) is 0 Å². The molecular weight excluding hydrogens is 308 g/mol. The summed E-state index contributed by atoms with van der Waals surface area (Å²) in [6, 6.07) is 11.6. The molecule has 0 spiro atoms. The van der Waals surface area contributed by atoms with Gasteiger partial charge >= 0.3 is 0 Å². The summed E-state index contributed by atoms with van der Waals surface area (Å²) in [5, 5.41) is 23.3. The molecule has 1 aromatic heterocycles. The average Bonchev–Trinajstić information content (AvgIpc) is 3.24. The molecule has 3 rings (SSSR count). The van der Waals surface area contributed by atoms with E-state index < -0.39 is 6.10 Å². The molecule has 23 heavy (non-hydrogen) atoms. The maximum Gasteiger partial charge on any atom is 0.119 e. The monoisotopic (exact) mass is 328 g/mol. The zero-order valence-corrected chi connectivity index (χ0v) is 13.7. The van der Waals surface area contributed by atoms with Gasteiger partial charge < -0.3 is 9.84 Å². The topological polar surface area (TPSA) is 56.5 Å². The number of benzene rings is 1. The lowest BCUT2D eigenvalue weighted by molar-refractivity contribution is 0.0639. The highest BCUT2D eigenvalue weighted by Crippen LogP contribution is 2.32. The van der Waals surface area contributed by atoms with Crippen molar-refractivity contribution in [3.05, 3.63) is 52.2 Å². The summed E-state index contributed by atoms with van der Waals surface area (Å²) < 4.78 is 5.62. The average molecular weight is 328 g/mol. The summed E-state index contributed by atoms with van der Waals surface area (Å²) in [6.07, 6.45) is 1.80. The molecule has 120 valence electrons. The molecule has 0 unspecified atom stereocenters. The van der Waals surface area contributed by atoms with Gasteiger partial charge in [-0.15, -0.1) is 0 Å². The fourth-order valence-electron chi connectivity index (χ4n) is 3.03. The van der Waals surface area contributed by atoms with E-state index in [0.29, 0.717) is 23.9 Å². The zero-order valence-electron chi connectivity index (χ0n) is 12.9. The van der Waals surface area contributed by atoms with Crippen molar-refractivity contribution < 1.29 is 9.84 Å². The first-order valence-corrected chi connectivity index (χ1v) is 8.77. The number of hydrogen-bond donors (Lipinski definition) is 1. The molecule has 2 aromatic rings. The largest absolute Gasteiger partial charge is 0.491 e. The minimum atomic E-state index is -0.523. The number of hydrogen-bond acceptors (Lipinski definition) is 5. The summed E-state index contributed by atoms with van der Waals surface area (Å²) in [5.74, 6) is 0.679. The van der Waals surface area contributed by atoms with Crippen LogP contribution in [0.4, 0.5) is 0 Å². The zero-order chi connectivity index (χ0) is 16.1. The molecular formula is C18H20N2O2S. The summed E-state index contributed by atoms with van der Waals surface area (Å²) in [7, 11) is 0. The molecule has 2 atom stereocenters. The van der Waals surface area contributed by atoms with Crippen molar-refractivity contribution >= 4 is 11.3 Å². The molecule has 1 fully saturated rings. The van der Waals surface area contributed by atoms with Gasteiger partial charge in [-0.05, 0) is 66.0 Å². The third kappa shape index (κ3) is 4.11. The van der Waals surface area contributed by atoms with Gasteiger partial charge in [0.05, 0.1) is 11.6 Å². The van der Waals surface area contributed by atoms with E-state index in [1.54, 1.807) is 35.6 Å². The van der Waals surface area contributed by atoms with Crippen molar-refractivity contribution in [2.24, 2.45) is 0 Å². The summed E-state index contributed by atoms with van der Waals surface area (Å²) in [6.45, 7) is 1.91. The van der Waals surface area contributed by atoms with Crippen LogP contribution in [0.15, 0.2) is 41.1 Å². The molecule has 1 saturated heterocycles. The van der Waals surface area contributed by atoms with Crippen LogP contribution in [0.25, 0.3) is 0 Å². The van der Waals surface area contributed by atoms with Gasteiger partial charge in [-0.2, -0.15) is 16.6 Å². The molecule has 1 aromatic carbocycles. The Morgan fingerprint density at radius 1 is 1.35 bits per heavy atom. The van der Waals surface area contributed by atoms with Crippen LogP contribution in [0.5, 0.6) is 5.75 Å². The summed E-state index contributed by atoms with van der Waals surface area (Å²) in [4.78, 5) is 2.34. The lowest BCUT2D eigenvalue weighted by Gasteiger charge is -2.26. The number of rotatable bonds is 6. The van der Waals surface area contributed by atoms with Crippen LogP contribution in [0.2, 0.25) is 0 Å². The van der Waals surface area contributed by atoms with Crippen LogP contribution >= 0.6 is 11.3 Å². The quantitative estimate of drug-likeness (QED) is 0.885. The van der Waals surface area contributed by atoms with E-state index in [1.165, 1.54) is 12.0 Å². The minimum Gasteiger partial charge on any atom is -0.491 e. The summed E-state index contributed by atoms with van der Waals surface area (Å²) >= 11 is 1.72. The fraction of sp³-hybridized carbons (Fsp3) is 0.389. The number of likely N-dealkylation sites (tertiary alicyclic amines) is 1. The van der Waals surface area contributed by atoms with Crippen LogP contribution in [-0.2, 0) is 0 Å². The van der Waals surface area contributed by atoms with Gasteiger partial charge in [-0.1, -0.05) is 0 Å². The van der Waals surface area contributed by atoms with E-state index in [1.807, 2.05) is 0 Å². The smallest absolute Gasteiger partial charge is 0.119 e. The van der Waals surface area contributed by atoms with Crippen LogP contribution in [-0.4, -0.2) is 35.8 Å². The molecule has 1 aliphatic rings. The highest BCUT2D eigenvalue weighted by molar-refractivity contribution is 7.07. The Morgan fingerprint density at radius 2 is 2.17 bits per heavy atom. The predicted octanol–water partition coefficient (Wildman–Crippen LogP) is 3.20. The number of ether oxygens (including phenoxy) is 1. The van der Waals surface area contributed by atoms with E-state index >= 15 is 0 Å². The molecule has 0 radical (unpaired) electrons. The van der Waals surface area contributed by atoms with Crippen LogP contribution in [0.1, 0.15) is 30.0 Å². The lowest BCUT2D eigenvalue weighted by Crippen LogP contribution is -2.35. The van der Waals surface area contributed by atoms with Crippen molar-refractivity contribution in [3.8, 4) is 11.8 Å². The van der Waals surface area contributed by atoms with E-state index in [0.717, 1.165) is 13.0 Å². The Morgan fingerprint density at radius 3 is 2.87 bits per heavy atom. The molecule has 0 amide bonds. The van der Waals surface area contributed by atoms with E-state index in [-0.39, 0.29) is 6.61 Å².